The van der Waals surface area contributed by atoms with Gasteiger partial charge < -0.3 is 20.2 Å². The molecule has 5 amide bonds. The van der Waals surface area contributed by atoms with Gasteiger partial charge in [0.2, 0.25) is 11.8 Å². The van der Waals surface area contributed by atoms with Crippen molar-refractivity contribution in [3.63, 3.8) is 0 Å². The van der Waals surface area contributed by atoms with Crippen LogP contribution in [-0.2, 0) is 33.8 Å². The molecule has 0 aromatic heterocycles. The Bertz CT molecular complexity index is 1330. The predicted octanol–water partition coefficient (Wildman–Crippen LogP) is 2.12. The maximum Gasteiger partial charge on any atom is 0.402 e. The van der Waals surface area contributed by atoms with Gasteiger partial charge in [0.25, 0.3) is 5.91 Å². The van der Waals surface area contributed by atoms with Crippen LogP contribution in [0.3, 0.4) is 0 Å². The van der Waals surface area contributed by atoms with E-state index < -0.39 is 72.7 Å². The molecule has 1 aliphatic carbocycles. The number of halogens is 5. The first-order valence-corrected chi connectivity index (χ1v) is 11.7. The summed E-state index contributed by atoms with van der Waals surface area (Å²) in [5.74, 6) is -7.94. The summed E-state index contributed by atoms with van der Waals surface area (Å²) in [5, 5.41) is 13.9. The minimum Gasteiger partial charge on any atom is -0.395 e. The number of benzene rings is 2. The van der Waals surface area contributed by atoms with Gasteiger partial charge in [0.15, 0.2) is 5.92 Å². The minimum atomic E-state index is -5.13. The Morgan fingerprint density at radius 3 is 2.31 bits per heavy atom. The molecule has 3 N–H and O–H groups in total. The minimum absolute atomic E-state index is 0.166. The first kappa shape index (κ1) is 28.0. The fourth-order valence-corrected chi connectivity index (χ4v) is 4.83. The molecule has 1 aliphatic heterocycles. The van der Waals surface area contributed by atoms with E-state index in [9.17, 15) is 46.2 Å². The number of nitrogens with one attached hydrogen (secondary N) is 2. The number of anilines is 1. The van der Waals surface area contributed by atoms with Gasteiger partial charge in [-0.25, -0.2) is 13.6 Å². The second-order valence-electron chi connectivity index (χ2n) is 9.48. The van der Waals surface area contributed by atoms with Gasteiger partial charge in [0.1, 0.15) is 23.7 Å². The fraction of sp³-hybridized carbons (Fsp3) is 0.360. The lowest BCUT2D eigenvalue weighted by Crippen LogP contribution is -2.48. The number of nitrogens with zero attached hydrogens (tertiary/aromatic N) is 2. The van der Waals surface area contributed by atoms with E-state index >= 15 is 0 Å². The average Bonchev–Trinajstić information content (AvgIpc) is 3.30. The molecule has 2 aromatic rings. The van der Waals surface area contributed by atoms with E-state index in [2.05, 4.69) is 10.6 Å². The van der Waals surface area contributed by atoms with Crippen LogP contribution in [0.15, 0.2) is 36.4 Å². The summed E-state index contributed by atoms with van der Waals surface area (Å²) >= 11 is 0. The van der Waals surface area contributed by atoms with Crippen molar-refractivity contribution in [3.05, 3.63) is 64.7 Å². The van der Waals surface area contributed by atoms with Crippen LogP contribution < -0.4 is 10.6 Å². The lowest BCUT2D eigenvalue weighted by atomic mass is 9.95. The third kappa shape index (κ3) is 5.55. The van der Waals surface area contributed by atoms with Crippen molar-refractivity contribution in [3.8, 4) is 0 Å². The van der Waals surface area contributed by atoms with Gasteiger partial charge in [-0.3, -0.25) is 19.7 Å². The molecule has 1 fully saturated rings. The number of aliphatic hydroxyl groups is 1. The number of rotatable bonds is 7. The third-order valence-electron chi connectivity index (χ3n) is 6.86. The molecule has 0 radical (unpaired) electrons. The largest absolute Gasteiger partial charge is 0.402 e. The summed E-state index contributed by atoms with van der Waals surface area (Å²) in [5.41, 5.74) is 0.309. The topological polar surface area (TPSA) is 119 Å². The number of likely N-dealkylation sites (N-methyl/N-ethyl adjacent to an activating group) is 1. The van der Waals surface area contributed by atoms with Gasteiger partial charge in [-0.2, -0.15) is 13.2 Å². The fourth-order valence-electron chi connectivity index (χ4n) is 4.83. The van der Waals surface area contributed by atoms with Crippen LogP contribution in [0.25, 0.3) is 0 Å². The number of hydrogen-bond donors (Lipinski definition) is 3. The standard InChI is InChI=1S/C25H23F5N4O5/c1-33-23(39)32-22(38)24(33)8-14-2-3-18(6-15(14)9-24)31-20(36)11-34(21(37)19(12-35)25(28,29)30)10-13-4-16(26)7-17(27)5-13/h2-7,19,35H,8-12H2,1H3,(H,31,36)(H,32,38,39). The van der Waals surface area contributed by atoms with Gasteiger partial charge >= 0.3 is 12.2 Å². The summed E-state index contributed by atoms with van der Waals surface area (Å²) < 4.78 is 67.3. The van der Waals surface area contributed by atoms with Crippen LogP contribution >= 0.6 is 0 Å². The molecular weight excluding hydrogens is 531 g/mol. The molecule has 1 heterocycles. The smallest absolute Gasteiger partial charge is 0.395 e. The summed E-state index contributed by atoms with van der Waals surface area (Å²) in [7, 11) is 1.49. The first-order chi connectivity index (χ1) is 18.2. The highest BCUT2D eigenvalue weighted by Gasteiger charge is 2.54. The maximum absolute atomic E-state index is 13.6. The summed E-state index contributed by atoms with van der Waals surface area (Å²) in [6.07, 6.45) is -4.72. The molecule has 0 bridgehead atoms. The van der Waals surface area contributed by atoms with Gasteiger partial charge in [-0.05, 0) is 41.0 Å². The molecule has 39 heavy (non-hydrogen) atoms. The Morgan fingerprint density at radius 2 is 1.74 bits per heavy atom. The molecule has 4 rings (SSSR count). The maximum atomic E-state index is 13.6. The third-order valence-corrected chi connectivity index (χ3v) is 6.86. The summed E-state index contributed by atoms with van der Waals surface area (Å²) in [6, 6.07) is 6.28. The second-order valence-corrected chi connectivity index (χ2v) is 9.48. The Labute approximate surface area is 218 Å². The Balaban J connectivity index is 1.53. The van der Waals surface area contributed by atoms with Crippen LogP contribution in [0.1, 0.15) is 16.7 Å². The highest BCUT2D eigenvalue weighted by Crippen LogP contribution is 2.38. The Morgan fingerprint density at radius 1 is 1.10 bits per heavy atom. The van der Waals surface area contributed by atoms with E-state index in [1.807, 2.05) is 0 Å². The van der Waals surface area contributed by atoms with Crippen molar-refractivity contribution in [2.24, 2.45) is 5.92 Å². The number of imide groups is 1. The van der Waals surface area contributed by atoms with Gasteiger partial charge in [-0.1, -0.05) is 6.07 Å². The number of carbonyl (C=O) groups excluding carboxylic acids is 4. The van der Waals surface area contributed by atoms with E-state index in [0.29, 0.717) is 16.5 Å². The number of fused-ring (bicyclic) bond motifs is 1. The summed E-state index contributed by atoms with van der Waals surface area (Å²) in [6.45, 7) is -3.25. The zero-order valence-electron chi connectivity index (χ0n) is 20.4. The van der Waals surface area contributed by atoms with E-state index in [4.69, 9.17) is 0 Å². The normalized spacial score (nSPS) is 19.2. The number of carbonyl (C=O) groups is 4. The molecule has 2 unspecified atom stereocenters. The zero-order chi connectivity index (χ0) is 28.7. The van der Waals surface area contributed by atoms with Crippen molar-refractivity contribution in [1.29, 1.82) is 0 Å². The molecule has 1 spiro atoms. The monoisotopic (exact) mass is 554 g/mol. The van der Waals surface area contributed by atoms with Crippen molar-refractivity contribution in [2.45, 2.75) is 31.1 Å². The number of aliphatic hydroxyl groups excluding tert-OH is 1. The molecule has 2 aromatic carbocycles. The van der Waals surface area contributed by atoms with E-state index in [-0.39, 0.29) is 24.1 Å². The average molecular weight is 554 g/mol. The number of amides is 5. The van der Waals surface area contributed by atoms with E-state index in [0.717, 1.165) is 17.7 Å². The number of alkyl halides is 3. The number of hydrogen-bond acceptors (Lipinski definition) is 5. The van der Waals surface area contributed by atoms with Crippen LogP contribution in [0.4, 0.5) is 32.4 Å². The lowest BCUT2D eigenvalue weighted by Gasteiger charge is -2.27. The SMILES string of the molecule is CN1C(=O)NC(=O)C12Cc1ccc(NC(=O)CN(Cc3cc(F)cc(F)c3)C(=O)C(CO)C(F)(F)F)cc1C2. The molecular formula is C25H23F5N4O5. The van der Waals surface area contributed by atoms with Crippen molar-refractivity contribution < 1.29 is 46.2 Å². The van der Waals surface area contributed by atoms with E-state index in [1.54, 1.807) is 12.1 Å². The van der Waals surface area contributed by atoms with Crippen LogP contribution in [0.2, 0.25) is 0 Å². The zero-order valence-corrected chi connectivity index (χ0v) is 20.4. The summed E-state index contributed by atoms with van der Waals surface area (Å²) in [4.78, 5) is 51.6. The molecule has 9 nitrogen and oxygen atoms in total. The van der Waals surface area contributed by atoms with Crippen molar-refractivity contribution in [1.82, 2.24) is 15.1 Å². The molecule has 14 heteroatoms. The first-order valence-electron chi connectivity index (χ1n) is 11.7. The highest BCUT2D eigenvalue weighted by atomic mass is 19.4. The number of urea groups is 1. The molecule has 2 atom stereocenters. The van der Waals surface area contributed by atoms with Gasteiger partial charge in [0, 0.05) is 38.2 Å². The molecule has 0 saturated carbocycles. The highest BCUT2D eigenvalue weighted by molar-refractivity contribution is 6.07. The Hall–Kier alpha value is -4.07. The molecule has 208 valence electrons. The van der Waals surface area contributed by atoms with Crippen molar-refractivity contribution >= 4 is 29.4 Å². The molecule has 1 saturated heterocycles. The Kier molecular flexibility index (Phi) is 7.34. The second kappa shape index (κ2) is 10.2. The van der Waals surface area contributed by atoms with E-state index in [1.165, 1.54) is 18.0 Å². The van der Waals surface area contributed by atoms with Crippen molar-refractivity contribution in [2.75, 3.05) is 25.5 Å². The van der Waals surface area contributed by atoms with Crippen LogP contribution in [-0.4, -0.2) is 70.6 Å². The predicted molar refractivity (Wildman–Crippen MR) is 125 cm³/mol. The van der Waals surface area contributed by atoms with Gasteiger partial charge in [-0.15, -0.1) is 0 Å². The van der Waals surface area contributed by atoms with Crippen LogP contribution in [0.5, 0.6) is 0 Å². The van der Waals surface area contributed by atoms with Crippen LogP contribution in [0, 0.1) is 17.6 Å². The molecule has 2 aliphatic rings. The van der Waals surface area contributed by atoms with Gasteiger partial charge in [0.05, 0.1) is 6.61 Å². The lowest BCUT2D eigenvalue weighted by molar-refractivity contribution is -0.196. The quantitative estimate of drug-likeness (QED) is 0.358.